The number of hydrazone groups is 1. The Morgan fingerprint density at radius 3 is 2.33 bits per heavy atom. The molecule has 0 aliphatic heterocycles. The number of amides is 1. The number of hydrogen-bond acceptors (Lipinski definition) is 7. The van der Waals surface area contributed by atoms with Crippen LogP contribution < -0.4 is 14.9 Å². The van der Waals surface area contributed by atoms with Crippen molar-refractivity contribution in [1.82, 2.24) is 20.2 Å². The van der Waals surface area contributed by atoms with E-state index in [0.717, 1.165) is 22.4 Å². The van der Waals surface area contributed by atoms with Crippen molar-refractivity contribution < 1.29 is 14.3 Å². The molecule has 5 rings (SSSR count). The third-order valence-corrected chi connectivity index (χ3v) is 6.77. The molecule has 5 aromatic rings. The van der Waals surface area contributed by atoms with Gasteiger partial charge < -0.3 is 9.47 Å². The first-order valence-corrected chi connectivity index (χ1v) is 13.6. The SMILES string of the molecule is COc1cc(/C=N\NC(=O)CSc2nnc(-c3ccccc3)n2-c2ccccc2)ccc1OCc1ccccc1. The second-order valence-electron chi connectivity index (χ2n) is 8.61. The van der Waals surface area contributed by atoms with Gasteiger partial charge in [-0.2, -0.15) is 5.10 Å². The fraction of sp³-hybridized carbons (Fsp3) is 0.0968. The number of thioether (sulfide) groups is 1. The zero-order valence-electron chi connectivity index (χ0n) is 21.8. The van der Waals surface area contributed by atoms with E-state index in [-0.39, 0.29) is 11.7 Å². The lowest BCUT2D eigenvalue weighted by Crippen LogP contribution is -2.20. The molecule has 0 saturated heterocycles. The minimum Gasteiger partial charge on any atom is -0.493 e. The van der Waals surface area contributed by atoms with Crippen LogP contribution in [0.1, 0.15) is 11.1 Å². The third kappa shape index (κ3) is 6.75. The predicted molar refractivity (Wildman–Crippen MR) is 157 cm³/mol. The van der Waals surface area contributed by atoms with Gasteiger partial charge in [0.15, 0.2) is 22.5 Å². The van der Waals surface area contributed by atoms with Gasteiger partial charge in [-0.15, -0.1) is 10.2 Å². The van der Waals surface area contributed by atoms with Crippen LogP contribution >= 0.6 is 11.8 Å². The highest BCUT2D eigenvalue weighted by atomic mass is 32.2. The highest BCUT2D eigenvalue weighted by Gasteiger charge is 2.17. The average Bonchev–Trinajstić information content (AvgIpc) is 3.44. The van der Waals surface area contributed by atoms with Gasteiger partial charge in [-0.3, -0.25) is 9.36 Å². The highest BCUT2D eigenvalue weighted by molar-refractivity contribution is 7.99. The van der Waals surface area contributed by atoms with E-state index in [1.54, 1.807) is 19.4 Å². The van der Waals surface area contributed by atoms with Crippen molar-refractivity contribution in [2.75, 3.05) is 12.9 Å². The molecule has 0 radical (unpaired) electrons. The summed E-state index contributed by atoms with van der Waals surface area (Å²) >= 11 is 1.29. The molecule has 0 aliphatic carbocycles. The maximum absolute atomic E-state index is 12.6. The lowest BCUT2D eigenvalue weighted by atomic mass is 10.2. The van der Waals surface area contributed by atoms with E-state index < -0.39 is 0 Å². The summed E-state index contributed by atoms with van der Waals surface area (Å²) in [5.74, 6) is 1.77. The van der Waals surface area contributed by atoms with Gasteiger partial charge in [-0.25, -0.2) is 5.43 Å². The van der Waals surface area contributed by atoms with Crippen LogP contribution in [-0.2, 0) is 11.4 Å². The number of carbonyl (C=O) groups is 1. The van der Waals surface area contributed by atoms with E-state index in [9.17, 15) is 4.79 Å². The number of nitrogens with zero attached hydrogens (tertiary/aromatic N) is 4. The molecule has 1 amide bonds. The molecule has 1 heterocycles. The Morgan fingerprint density at radius 2 is 1.60 bits per heavy atom. The minimum absolute atomic E-state index is 0.118. The molecule has 4 aromatic carbocycles. The molecule has 40 heavy (non-hydrogen) atoms. The number of benzene rings is 4. The normalized spacial score (nSPS) is 10.9. The number of carbonyl (C=O) groups excluding carboxylic acids is 1. The molecular formula is C31H27N5O3S. The van der Waals surface area contributed by atoms with Gasteiger partial charge in [0.05, 0.1) is 19.1 Å². The Bertz CT molecular complexity index is 1580. The van der Waals surface area contributed by atoms with Gasteiger partial charge in [0.1, 0.15) is 6.61 Å². The number of aromatic nitrogens is 3. The Morgan fingerprint density at radius 1 is 0.900 bits per heavy atom. The van der Waals surface area contributed by atoms with Crippen molar-refractivity contribution in [1.29, 1.82) is 0 Å². The van der Waals surface area contributed by atoms with Gasteiger partial charge in [0, 0.05) is 11.3 Å². The van der Waals surface area contributed by atoms with Gasteiger partial charge in [0.2, 0.25) is 0 Å². The molecule has 0 fully saturated rings. The van der Waals surface area contributed by atoms with E-state index in [0.29, 0.717) is 29.1 Å². The number of para-hydroxylation sites is 1. The van der Waals surface area contributed by atoms with Gasteiger partial charge in [-0.05, 0) is 41.5 Å². The molecule has 200 valence electrons. The van der Waals surface area contributed by atoms with Crippen molar-refractivity contribution in [3.8, 4) is 28.6 Å². The van der Waals surface area contributed by atoms with Crippen molar-refractivity contribution in [2.24, 2.45) is 5.10 Å². The summed E-state index contributed by atoms with van der Waals surface area (Å²) in [5.41, 5.74) is 6.25. The second kappa shape index (κ2) is 13.3. The molecular weight excluding hydrogens is 522 g/mol. The molecule has 0 saturated carbocycles. The van der Waals surface area contributed by atoms with Gasteiger partial charge >= 0.3 is 0 Å². The monoisotopic (exact) mass is 549 g/mol. The summed E-state index contributed by atoms with van der Waals surface area (Å²) in [7, 11) is 1.59. The topological polar surface area (TPSA) is 90.6 Å². The van der Waals surface area contributed by atoms with Crippen LogP contribution in [0.2, 0.25) is 0 Å². The predicted octanol–water partition coefficient (Wildman–Crippen LogP) is 5.76. The van der Waals surface area contributed by atoms with E-state index in [1.807, 2.05) is 108 Å². The van der Waals surface area contributed by atoms with Crippen LogP contribution in [0.4, 0.5) is 0 Å². The first kappa shape index (κ1) is 26.7. The molecule has 8 nitrogen and oxygen atoms in total. The molecule has 0 spiro atoms. The summed E-state index contributed by atoms with van der Waals surface area (Å²) in [6.07, 6.45) is 1.56. The number of methoxy groups -OCH3 is 1. The lowest BCUT2D eigenvalue weighted by Gasteiger charge is -2.11. The zero-order chi connectivity index (χ0) is 27.6. The van der Waals surface area contributed by atoms with Crippen molar-refractivity contribution in [3.05, 3.63) is 120 Å². The summed E-state index contributed by atoms with van der Waals surface area (Å²) in [4.78, 5) is 12.6. The Balaban J connectivity index is 1.21. The molecule has 0 aliphatic rings. The molecule has 0 unspecified atom stereocenters. The van der Waals surface area contributed by atoms with Crippen LogP contribution in [0.3, 0.4) is 0 Å². The summed E-state index contributed by atoms with van der Waals surface area (Å²) in [6, 6.07) is 35.0. The fourth-order valence-corrected chi connectivity index (χ4v) is 4.65. The van der Waals surface area contributed by atoms with Gasteiger partial charge in [-0.1, -0.05) is 90.6 Å². The van der Waals surface area contributed by atoms with E-state index in [1.165, 1.54) is 11.8 Å². The maximum Gasteiger partial charge on any atom is 0.250 e. The molecule has 1 aromatic heterocycles. The molecule has 9 heteroatoms. The van der Waals surface area contributed by atoms with E-state index >= 15 is 0 Å². The number of rotatable bonds is 11. The van der Waals surface area contributed by atoms with Crippen LogP contribution in [-0.4, -0.2) is 39.7 Å². The van der Waals surface area contributed by atoms with Crippen LogP contribution in [0.25, 0.3) is 17.1 Å². The first-order valence-electron chi connectivity index (χ1n) is 12.6. The maximum atomic E-state index is 12.6. The third-order valence-electron chi connectivity index (χ3n) is 5.84. The molecule has 0 bridgehead atoms. The van der Waals surface area contributed by atoms with E-state index in [4.69, 9.17) is 9.47 Å². The number of nitrogens with one attached hydrogen (secondary N) is 1. The average molecular weight is 550 g/mol. The highest BCUT2D eigenvalue weighted by Crippen LogP contribution is 2.29. The summed E-state index contributed by atoms with van der Waals surface area (Å²) < 4.78 is 13.3. The lowest BCUT2D eigenvalue weighted by molar-refractivity contribution is -0.118. The molecule has 1 N–H and O–H groups in total. The smallest absolute Gasteiger partial charge is 0.250 e. The summed E-state index contributed by atoms with van der Waals surface area (Å²) in [6.45, 7) is 0.434. The largest absolute Gasteiger partial charge is 0.493 e. The quantitative estimate of drug-likeness (QED) is 0.128. The molecule has 0 atom stereocenters. The van der Waals surface area contributed by atoms with Crippen LogP contribution in [0.5, 0.6) is 11.5 Å². The minimum atomic E-state index is -0.264. The number of ether oxygens (including phenoxy) is 2. The summed E-state index contributed by atoms with van der Waals surface area (Å²) in [5, 5.41) is 13.5. The van der Waals surface area contributed by atoms with Crippen LogP contribution in [0.15, 0.2) is 119 Å². The van der Waals surface area contributed by atoms with Crippen molar-refractivity contribution >= 4 is 23.9 Å². The second-order valence-corrected chi connectivity index (χ2v) is 9.55. The van der Waals surface area contributed by atoms with Crippen LogP contribution in [0, 0.1) is 0 Å². The fourth-order valence-electron chi connectivity index (χ4n) is 3.91. The Labute approximate surface area is 236 Å². The van der Waals surface area contributed by atoms with Crippen molar-refractivity contribution in [2.45, 2.75) is 11.8 Å². The van der Waals surface area contributed by atoms with Gasteiger partial charge in [0.25, 0.3) is 5.91 Å². The Kier molecular flexibility index (Phi) is 8.85. The number of hydrogen-bond donors (Lipinski definition) is 1. The standard InChI is InChI=1S/C31H27N5O3S/c1-38-28-19-24(17-18-27(28)39-21-23-11-5-2-6-12-23)20-32-33-29(37)22-40-31-35-34-30(25-13-7-3-8-14-25)36(31)26-15-9-4-10-16-26/h2-20H,21-22H2,1H3,(H,33,37)/b32-20-. The zero-order valence-corrected chi connectivity index (χ0v) is 22.6. The van der Waals surface area contributed by atoms with E-state index in [2.05, 4.69) is 20.7 Å². The first-order chi connectivity index (χ1) is 19.7. The van der Waals surface area contributed by atoms with Crippen molar-refractivity contribution in [3.63, 3.8) is 0 Å². The Hall–Kier alpha value is -4.89.